The Morgan fingerprint density at radius 3 is 1.25 bits per heavy atom. The molecule has 252 valence electrons. The van der Waals surface area contributed by atoms with Crippen LogP contribution in [0.1, 0.15) is 25.0 Å². The highest BCUT2D eigenvalue weighted by Gasteiger charge is 2.21. The molecular weight excluding hydrogens is 625 g/mol. The van der Waals surface area contributed by atoms with Crippen molar-refractivity contribution < 1.29 is 14.6 Å². The number of benzene rings is 7. The van der Waals surface area contributed by atoms with Crippen molar-refractivity contribution in [2.75, 3.05) is 0 Å². The lowest BCUT2D eigenvalue weighted by molar-refractivity contribution is 0.215. The van der Waals surface area contributed by atoms with Crippen LogP contribution in [-0.2, 0) is 12.8 Å². The van der Waals surface area contributed by atoms with Crippen LogP contribution in [0.2, 0.25) is 0 Å². The van der Waals surface area contributed by atoms with Gasteiger partial charge in [0.15, 0.2) is 0 Å². The molecule has 1 N–H and O–H groups in total. The highest BCUT2D eigenvalue weighted by atomic mass is 16.5. The fourth-order valence-electron chi connectivity index (χ4n) is 6.94. The molecule has 0 heterocycles. The number of phenols is 1. The van der Waals surface area contributed by atoms with Crippen LogP contribution in [-0.4, -0.2) is 17.3 Å². The second-order valence-electron chi connectivity index (χ2n) is 13.0. The van der Waals surface area contributed by atoms with Crippen LogP contribution < -0.4 is 9.47 Å². The summed E-state index contributed by atoms with van der Waals surface area (Å²) in [7, 11) is 0. The first-order valence-corrected chi connectivity index (χ1v) is 17.7. The van der Waals surface area contributed by atoms with Gasteiger partial charge in [0.1, 0.15) is 23.4 Å². The van der Waals surface area contributed by atoms with Crippen molar-refractivity contribution in [3.63, 3.8) is 0 Å². The minimum absolute atomic E-state index is 0.164. The van der Waals surface area contributed by atoms with Gasteiger partial charge in [-0.25, -0.2) is 0 Å². The normalized spacial score (nSPS) is 12.2. The molecule has 0 aromatic heterocycles. The van der Waals surface area contributed by atoms with E-state index in [0.29, 0.717) is 12.8 Å². The summed E-state index contributed by atoms with van der Waals surface area (Å²) in [5.41, 5.74) is 10.8. The summed E-state index contributed by atoms with van der Waals surface area (Å²) in [5.74, 6) is 1.92. The summed E-state index contributed by atoms with van der Waals surface area (Å²) in [6, 6.07) is 60.0. The van der Waals surface area contributed by atoms with Crippen molar-refractivity contribution in [1.29, 1.82) is 0 Å². The first-order valence-electron chi connectivity index (χ1n) is 17.7. The van der Waals surface area contributed by atoms with E-state index >= 15 is 0 Å². The predicted octanol–water partition coefficient (Wildman–Crippen LogP) is 12.1. The zero-order chi connectivity index (χ0) is 35.0. The molecule has 0 bridgehead atoms. The van der Waals surface area contributed by atoms with E-state index < -0.39 is 0 Å². The van der Waals surface area contributed by atoms with Gasteiger partial charge in [0, 0.05) is 29.5 Å². The molecule has 0 saturated carbocycles. The zero-order valence-corrected chi connectivity index (χ0v) is 29.1. The van der Waals surface area contributed by atoms with Gasteiger partial charge in [-0.2, -0.15) is 0 Å². The molecule has 0 fully saturated rings. The van der Waals surface area contributed by atoms with E-state index in [-0.39, 0.29) is 18.0 Å². The van der Waals surface area contributed by atoms with E-state index in [0.717, 1.165) is 67.1 Å². The molecule has 0 spiro atoms. The van der Waals surface area contributed by atoms with E-state index in [2.05, 4.69) is 147 Å². The van der Waals surface area contributed by atoms with Gasteiger partial charge >= 0.3 is 0 Å². The summed E-state index contributed by atoms with van der Waals surface area (Å²) >= 11 is 0. The fraction of sp³-hybridized carbons (Fsp3) is 0.125. The highest BCUT2D eigenvalue weighted by molar-refractivity contribution is 5.88. The molecule has 0 aliphatic rings. The quantitative estimate of drug-likeness (QED) is 0.141. The largest absolute Gasteiger partial charge is 0.508 e. The van der Waals surface area contributed by atoms with Crippen molar-refractivity contribution in [1.82, 2.24) is 0 Å². The standard InChI is InChI=1S/C48H42O3/c1-34(50-45-30-16-27-41(36-18-7-3-8-19-36)47(45)38-22-11-5-12-23-38)32-40-26-15-29-44(49)43(40)33-35(2)51-46-31-17-28-42(37-20-9-4-10-21-37)48(46)39-24-13-6-14-25-39/h3-31,34-35,49H,32-33H2,1-2H3. The molecule has 0 amide bonds. The minimum atomic E-state index is -0.214. The third-order valence-corrected chi connectivity index (χ3v) is 9.25. The molecule has 7 aromatic rings. The van der Waals surface area contributed by atoms with Crippen LogP contribution in [0.25, 0.3) is 44.5 Å². The van der Waals surface area contributed by atoms with Gasteiger partial charge in [0.25, 0.3) is 0 Å². The van der Waals surface area contributed by atoms with Crippen LogP contribution in [0, 0.1) is 0 Å². The lowest BCUT2D eigenvalue weighted by Crippen LogP contribution is -2.20. The second kappa shape index (κ2) is 15.7. The topological polar surface area (TPSA) is 38.7 Å². The summed E-state index contributed by atoms with van der Waals surface area (Å²) in [4.78, 5) is 0. The molecule has 2 unspecified atom stereocenters. The SMILES string of the molecule is CC(Cc1cccc(O)c1CC(C)Oc1cccc(-c2ccccc2)c1-c1ccccc1)Oc1cccc(-c2ccccc2)c1-c1ccccc1. The molecule has 51 heavy (non-hydrogen) atoms. The first-order chi connectivity index (χ1) is 25.0. The first kappa shape index (κ1) is 33.4. The van der Waals surface area contributed by atoms with E-state index in [9.17, 15) is 5.11 Å². The average Bonchev–Trinajstić information content (AvgIpc) is 3.17. The average molecular weight is 667 g/mol. The summed E-state index contributed by atoms with van der Waals surface area (Å²) in [5, 5.41) is 11.2. The molecule has 3 nitrogen and oxygen atoms in total. The maximum atomic E-state index is 11.2. The Morgan fingerprint density at radius 1 is 0.412 bits per heavy atom. The molecule has 7 rings (SSSR count). The van der Waals surface area contributed by atoms with Crippen LogP contribution >= 0.6 is 0 Å². The lowest BCUT2D eigenvalue weighted by atomic mass is 9.93. The monoisotopic (exact) mass is 666 g/mol. The van der Waals surface area contributed by atoms with E-state index in [1.807, 2.05) is 36.4 Å². The Labute approximate surface area is 301 Å². The molecule has 0 saturated heterocycles. The van der Waals surface area contributed by atoms with Gasteiger partial charge < -0.3 is 14.6 Å². The van der Waals surface area contributed by atoms with Crippen molar-refractivity contribution in [2.24, 2.45) is 0 Å². The minimum Gasteiger partial charge on any atom is -0.508 e. The molecule has 0 aliphatic heterocycles. The van der Waals surface area contributed by atoms with Gasteiger partial charge in [-0.1, -0.05) is 158 Å². The number of hydrogen-bond donors (Lipinski definition) is 1. The van der Waals surface area contributed by atoms with Crippen LogP contribution in [0.4, 0.5) is 0 Å². The fourth-order valence-corrected chi connectivity index (χ4v) is 6.94. The Kier molecular flexibility index (Phi) is 10.3. The van der Waals surface area contributed by atoms with E-state index in [1.54, 1.807) is 6.07 Å². The Balaban J connectivity index is 1.15. The van der Waals surface area contributed by atoms with Crippen molar-refractivity contribution >= 4 is 0 Å². The van der Waals surface area contributed by atoms with Gasteiger partial charge in [-0.15, -0.1) is 0 Å². The summed E-state index contributed by atoms with van der Waals surface area (Å²) < 4.78 is 13.5. The molecule has 0 radical (unpaired) electrons. The highest BCUT2D eigenvalue weighted by Crippen LogP contribution is 2.41. The molecule has 2 atom stereocenters. The van der Waals surface area contributed by atoms with Crippen LogP contribution in [0.5, 0.6) is 17.2 Å². The Hall–Kier alpha value is -6.06. The number of rotatable bonds is 12. The van der Waals surface area contributed by atoms with Gasteiger partial charge in [-0.3, -0.25) is 0 Å². The van der Waals surface area contributed by atoms with Crippen LogP contribution in [0.3, 0.4) is 0 Å². The molecular formula is C48H42O3. The number of phenolic OH excluding ortho intramolecular Hbond substituents is 1. The number of ether oxygens (including phenoxy) is 2. The molecule has 3 heteroatoms. The van der Waals surface area contributed by atoms with E-state index in [4.69, 9.17) is 9.47 Å². The summed E-state index contributed by atoms with van der Waals surface area (Å²) in [6.45, 7) is 4.17. The predicted molar refractivity (Wildman–Crippen MR) is 210 cm³/mol. The van der Waals surface area contributed by atoms with E-state index in [1.165, 1.54) is 0 Å². The van der Waals surface area contributed by atoms with Gasteiger partial charge in [0.05, 0.1) is 6.10 Å². The van der Waals surface area contributed by atoms with Crippen LogP contribution in [0.15, 0.2) is 176 Å². The zero-order valence-electron chi connectivity index (χ0n) is 29.1. The lowest BCUT2D eigenvalue weighted by Gasteiger charge is -2.23. The maximum absolute atomic E-state index is 11.2. The maximum Gasteiger partial charge on any atom is 0.128 e. The summed E-state index contributed by atoms with van der Waals surface area (Å²) in [6.07, 6.45) is 0.785. The Morgan fingerprint density at radius 2 is 0.804 bits per heavy atom. The smallest absolute Gasteiger partial charge is 0.128 e. The number of hydrogen-bond acceptors (Lipinski definition) is 3. The van der Waals surface area contributed by atoms with Crippen molar-refractivity contribution in [3.8, 4) is 61.8 Å². The van der Waals surface area contributed by atoms with Gasteiger partial charge in [0.2, 0.25) is 0 Å². The molecule has 0 aliphatic carbocycles. The second-order valence-corrected chi connectivity index (χ2v) is 13.0. The number of aromatic hydroxyl groups is 1. The van der Waals surface area contributed by atoms with Crippen molar-refractivity contribution in [3.05, 3.63) is 187 Å². The molecule has 7 aromatic carbocycles. The third-order valence-electron chi connectivity index (χ3n) is 9.25. The third kappa shape index (κ3) is 7.74. The van der Waals surface area contributed by atoms with Gasteiger partial charge in [-0.05, 0) is 71.0 Å². The Bertz CT molecular complexity index is 2180. The van der Waals surface area contributed by atoms with Crippen molar-refractivity contribution in [2.45, 2.75) is 38.9 Å².